The van der Waals surface area contributed by atoms with Gasteiger partial charge in [0.15, 0.2) is 0 Å². The van der Waals surface area contributed by atoms with Gasteiger partial charge in [0.1, 0.15) is 0 Å². The van der Waals surface area contributed by atoms with Crippen molar-refractivity contribution < 1.29 is 13.2 Å². The van der Waals surface area contributed by atoms with E-state index in [0.717, 1.165) is 44.1 Å². The van der Waals surface area contributed by atoms with E-state index in [0.29, 0.717) is 0 Å². The maximum absolute atomic E-state index is 12.8. The first kappa shape index (κ1) is 17.0. The summed E-state index contributed by atoms with van der Waals surface area (Å²) in [6.45, 7) is 1.84. The molecule has 1 aliphatic rings. The summed E-state index contributed by atoms with van der Waals surface area (Å²) in [4.78, 5) is 11.5. The third kappa shape index (κ3) is 3.87. The predicted octanol–water partition coefficient (Wildman–Crippen LogP) is 2.06. The maximum Gasteiger partial charge on any atom is 0.243 e. The Kier molecular flexibility index (Phi) is 5.58. The molecule has 0 atom stereocenters. The van der Waals surface area contributed by atoms with Crippen LogP contribution in [-0.2, 0) is 21.2 Å². The minimum atomic E-state index is -3.68. The Balaban J connectivity index is 2.28. The maximum atomic E-state index is 12.8. The zero-order valence-corrected chi connectivity index (χ0v) is 13.8. The molecule has 2 rings (SSSR count). The summed E-state index contributed by atoms with van der Waals surface area (Å²) in [5.74, 6) is -0.613. The number of sulfonamides is 1. The highest BCUT2D eigenvalue weighted by Crippen LogP contribution is 2.28. The monoisotopic (exact) mass is 324 g/mol. The van der Waals surface area contributed by atoms with Crippen LogP contribution in [0.4, 0.5) is 0 Å². The van der Waals surface area contributed by atoms with Crippen molar-refractivity contribution in [2.24, 2.45) is 5.73 Å². The third-order valence-corrected chi connectivity index (χ3v) is 6.02. The van der Waals surface area contributed by atoms with E-state index in [9.17, 15) is 13.2 Å². The standard InChI is InChI=1S/C16H24N2O3S/c1-2-5-13-8-10-15(11-9-13)22(20,21)18(12-16(17)19)14-6-3-4-7-14/h8-11,14H,2-7,12H2,1H3,(H2,17,19). The third-order valence-electron chi connectivity index (χ3n) is 4.11. The van der Waals surface area contributed by atoms with E-state index in [1.54, 1.807) is 12.1 Å². The normalized spacial score (nSPS) is 16.3. The van der Waals surface area contributed by atoms with Crippen LogP contribution in [0.15, 0.2) is 29.2 Å². The molecule has 1 saturated carbocycles. The zero-order chi connectivity index (χ0) is 16.2. The van der Waals surface area contributed by atoms with Crippen LogP contribution in [0.25, 0.3) is 0 Å². The van der Waals surface area contributed by atoms with Crippen molar-refractivity contribution in [1.29, 1.82) is 0 Å². The SMILES string of the molecule is CCCc1ccc(S(=O)(=O)N(CC(N)=O)C2CCCC2)cc1. The summed E-state index contributed by atoms with van der Waals surface area (Å²) in [5.41, 5.74) is 6.37. The van der Waals surface area contributed by atoms with Gasteiger partial charge in [-0.05, 0) is 37.0 Å². The molecule has 1 amide bonds. The lowest BCUT2D eigenvalue weighted by molar-refractivity contribution is -0.118. The van der Waals surface area contributed by atoms with Crippen molar-refractivity contribution in [3.8, 4) is 0 Å². The van der Waals surface area contributed by atoms with Gasteiger partial charge in [0.2, 0.25) is 15.9 Å². The van der Waals surface area contributed by atoms with Crippen molar-refractivity contribution in [1.82, 2.24) is 4.31 Å². The molecule has 5 nitrogen and oxygen atoms in total. The van der Waals surface area contributed by atoms with Gasteiger partial charge < -0.3 is 5.73 Å². The Morgan fingerprint density at radius 3 is 2.32 bits per heavy atom. The molecule has 1 aliphatic carbocycles. The van der Waals surface area contributed by atoms with Crippen molar-refractivity contribution >= 4 is 15.9 Å². The van der Waals surface area contributed by atoms with Crippen LogP contribution >= 0.6 is 0 Å². The summed E-state index contributed by atoms with van der Waals surface area (Å²) in [6.07, 6.45) is 5.51. The van der Waals surface area contributed by atoms with Crippen LogP contribution in [0.5, 0.6) is 0 Å². The molecule has 0 unspecified atom stereocenters. The molecular weight excluding hydrogens is 300 g/mol. The molecular formula is C16H24N2O3S. The van der Waals surface area contributed by atoms with E-state index < -0.39 is 15.9 Å². The minimum absolute atomic E-state index is 0.118. The summed E-state index contributed by atoms with van der Waals surface area (Å²) < 4.78 is 27.0. The number of carbonyl (C=O) groups excluding carboxylic acids is 1. The van der Waals surface area contributed by atoms with Gasteiger partial charge in [-0.1, -0.05) is 38.3 Å². The lowest BCUT2D eigenvalue weighted by Gasteiger charge is -2.26. The van der Waals surface area contributed by atoms with Crippen LogP contribution in [0, 0.1) is 0 Å². The highest BCUT2D eigenvalue weighted by molar-refractivity contribution is 7.89. The molecule has 0 aromatic heterocycles. The molecule has 1 aromatic carbocycles. The number of amides is 1. The second-order valence-corrected chi connectivity index (χ2v) is 7.74. The fraction of sp³-hybridized carbons (Fsp3) is 0.562. The number of nitrogens with two attached hydrogens (primary N) is 1. The molecule has 0 bridgehead atoms. The van der Waals surface area contributed by atoms with E-state index in [1.165, 1.54) is 4.31 Å². The van der Waals surface area contributed by atoms with Crippen LogP contribution in [0.1, 0.15) is 44.6 Å². The van der Waals surface area contributed by atoms with Crippen molar-refractivity contribution in [3.63, 3.8) is 0 Å². The highest BCUT2D eigenvalue weighted by atomic mass is 32.2. The van der Waals surface area contributed by atoms with Crippen LogP contribution in [0.3, 0.4) is 0 Å². The number of primary amides is 1. The first-order chi connectivity index (χ1) is 10.4. The molecule has 0 radical (unpaired) electrons. The Bertz CT molecular complexity index is 605. The first-order valence-electron chi connectivity index (χ1n) is 7.84. The van der Waals surface area contributed by atoms with Gasteiger partial charge in [0, 0.05) is 6.04 Å². The average Bonchev–Trinajstić information content (AvgIpc) is 2.99. The predicted molar refractivity (Wildman–Crippen MR) is 85.8 cm³/mol. The molecule has 2 N–H and O–H groups in total. The van der Waals surface area contributed by atoms with E-state index in [2.05, 4.69) is 6.92 Å². The number of aryl methyl sites for hydroxylation is 1. The minimum Gasteiger partial charge on any atom is -0.369 e. The largest absolute Gasteiger partial charge is 0.369 e. The van der Waals surface area contributed by atoms with Crippen molar-refractivity contribution in [3.05, 3.63) is 29.8 Å². The van der Waals surface area contributed by atoms with Crippen LogP contribution in [-0.4, -0.2) is 31.2 Å². The Labute approximate surface area is 132 Å². The number of rotatable bonds is 7. The molecule has 22 heavy (non-hydrogen) atoms. The first-order valence-corrected chi connectivity index (χ1v) is 9.28. The molecule has 0 saturated heterocycles. The van der Waals surface area contributed by atoms with Gasteiger partial charge in [-0.3, -0.25) is 4.79 Å². The van der Waals surface area contributed by atoms with Gasteiger partial charge in [-0.15, -0.1) is 0 Å². The van der Waals surface area contributed by atoms with Gasteiger partial charge in [-0.25, -0.2) is 8.42 Å². The fourth-order valence-corrected chi connectivity index (χ4v) is 4.66. The number of benzene rings is 1. The molecule has 6 heteroatoms. The van der Waals surface area contributed by atoms with Gasteiger partial charge >= 0.3 is 0 Å². The molecule has 0 aliphatic heterocycles. The van der Waals surface area contributed by atoms with Crippen molar-refractivity contribution in [2.75, 3.05) is 6.54 Å². The summed E-state index contributed by atoms with van der Waals surface area (Å²) in [6, 6.07) is 6.82. The number of nitrogens with zero attached hydrogens (tertiary/aromatic N) is 1. The molecule has 1 fully saturated rings. The molecule has 122 valence electrons. The van der Waals surface area contributed by atoms with E-state index in [-0.39, 0.29) is 17.5 Å². The smallest absolute Gasteiger partial charge is 0.243 e. The highest BCUT2D eigenvalue weighted by Gasteiger charge is 2.34. The van der Waals surface area contributed by atoms with Gasteiger partial charge in [0.25, 0.3) is 0 Å². The lowest BCUT2D eigenvalue weighted by Crippen LogP contribution is -2.44. The summed E-state index contributed by atoms with van der Waals surface area (Å²) >= 11 is 0. The summed E-state index contributed by atoms with van der Waals surface area (Å²) in [5, 5.41) is 0. The van der Waals surface area contributed by atoms with Gasteiger partial charge in [0.05, 0.1) is 11.4 Å². The van der Waals surface area contributed by atoms with E-state index in [4.69, 9.17) is 5.73 Å². The molecule has 0 spiro atoms. The van der Waals surface area contributed by atoms with Crippen LogP contribution in [0.2, 0.25) is 0 Å². The number of carbonyl (C=O) groups is 1. The van der Waals surface area contributed by atoms with E-state index >= 15 is 0 Å². The van der Waals surface area contributed by atoms with Crippen LogP contribution < -0.4 is 5.73 Å². The second kappa shape index (κ2) is 7.24. The summed E-state index contributed by atoms with van der Waals surface area (Å²) in [7, 11) is -3.68. The van der Waals surface area contributed by atoms with E-state index in [1.807, 2.05) is 12.1 Å². The molecule has 1 aromatic rings. The Morgan fingerprint density at radius 1 is 1.23 bits per heavy atom. The average molecular weight is 324 g/mol. The number of hydrogen-bond acceptors (Lipinski definition) is 3. The topological polar surface area (TPSA) is 80.5 Å². The Hall–Kier alpha value is -1.40. The molecule has 0 heterocycles. The Morgan fingerprint density at radius 2 is 1.82 bits per heavy atom. The van der Waals surface area contributed by atoms with Gasteiger partial charge in [-0.2, -0.15) is 4.31 Å². The van der Waals surface area contributed by atoms with Crippen molar-refractivity contribution in [2.45, 2.75) is 56.4 Å². The lowest BCUT2D eigenvalue weighted by atomic mass is 10.1. The second-order valence-electron chi connectivity index (χ2n) is 5.85. The number of hydrogen-bond donors (Lipinski definition) is 1. The zero-order valence-electron chi connectivity index (χ0n) is 13.0. The quantitative estimate of drug-likeness (QED) is 0.833. The fourth-order valence-electron chi connectivity index (χ4n) is 3.01.